The lowest BCUT2D eigenvalue weighted by atomic mass is 9.94. The monoisotopic (exact) mass is 252 g/mol. The second kappa shape index (κ2) is 5.49. The van der Waals surface area contributed by atoms with E-state index in [1.165, 1.54) is 0 Å². The van der Waals surface area contributed by atoms with Crippen LogP contribution in [0.5, 0.6) is 0 Å². The van der Waals surface area contributed by atoms with Crippen LogP contribution in [-0.2, 0) is 4.74 Å². The molecule has 1 aliphatic heterocycles. The number of anilines is 2. The number of rotatable bonds is 4. The standard InChI is InChI=1S/C12H20N4O2/c1-13-10-7-14-8-11(15-10)16(2)9-12(17)3-5-18-6-4-12/h7-8,17H,3-6,9H2,1-2H3,(H,13,15). The van der Waals surface area contributed by atoms with Crippen molar-refractivity contribution in [2.24, 2.45) is 0 Å². The smallest absolute Gasteiger partial charge is 0.149 e. The molecule has 2 rings (SSSR count). The van der Waals surface area contributed by atoms with Crippen LogP contribution in [0.3, 0.4) is 0 Å². The summed E-state index contributed by atoms with van der Waals surface area (Å²) in [7, 11) is 3.72. The number of aromatic nitrogens is 2. The van der Waals surface area contributed by atoms with Gasteiger partial charge >= 0.3 is 0 Å². The fourth-order valence-electron chi connectivity index (χ4n) is 2.09. The van der Waals surface area contributed by atoms with Crippen molar-refractivity contribution in [3.8, 4) is 0 Å². The third-order valence-corrected chi connectivity index (χ3v) is 3.22. The topological polar surface area (TPSA) is 70.5 Å². The van der Waals surface area contributed by atoms with E-state index in [0.29, 0.717) is 32.6 Å². The zero-order valence-corrected chi connectivity index (χ0v) is 10.9. The van der Waals surface area contributed by atoms with Gasteiger partial charge in [0.05, 0.1) is 18.0 Å². The molecular formula is C12H20N4O2. The number of nitrogens with one attached hydrogen (secondary N) is 1. The van der Waals surface area contributed by atoms with Crippen molar-refractivity contribution in [3.05, 3.63) is 12.4 Å². The molecule has 0 atom stereocenters. The van der Waals surface area contributed by atoms with E-state index in [9.17, 15) is 5.11 Å². The minimum Gasteiger partial charge on any atom is -0.388 e. The average molecular weight is 252 g/mol. The number of hydrogen-bond acceptors (Lipinski definition) is 6. The normalized spacial score (nSPS) is 18.4. The molecule has 0 spiro atoms. The summed E-state index contributed by atoms with van der Waals surface area (Å²) in [6.07, 6.45) is 4.69. The molecule has 0 aliphatic carbocycles. The minimum atomic E-state index is -0.690. The fourth-order valence-corrected chi connectivity index (χ4v) is 2.09. The van der Waals surface area contributed by atoms with Crippen LogP contribution in [0.15, 0.2) is 12.4 Å². The van der Waals surface area contributed by atoms with E-state index in [1.807, 2.05) is 11.9 Å². The molecule has 2 N–H and O–H groups in total. The molecule has 1 aliphatic rings. The summed E-state index contributed by atoms with van der Waals surface area (Å²) >= 11 is 0. The van der Waals surface area contributed by atoms with Crippen LogP contribution in [0, 0.1) is 0 Å². The van der Waals surface area contributed by atoms with E-state index in [4.69, 9.17) is 4.74 Å². The van der Waals surface area contributed by atoms with Crippen LogP contribution < -0.4 is 10.2 Å². The highest BCUT2D eigenvalue weighted by Gasteiger charge is 2.31. The van der Waals surface area contributed by atoms with Gasteiger partial charge < -0.3 is 20.1 Å². The molecule has 100 valence electrons. The summed E-state index contributed by atoms with van der Waals surface area (Å²) in [6.45, 7) is 1.78. The molecule has 0 aromatic carbocycles. The molecule has 0 amide bonds. The minimum absolute atomic E-state index is 0.540. The summed E-state index contributed by atoms with van der Waals surface area (Å²) in [5.74, 6) is 1.47. The Morgan fingerprint density at radius 3 is 2.83 bits per heavy atom. The molecule has 6 nitrogen and oxygen atoms in total. The Morgan fingerprint density at radius 2 is 2.17 bits per heavy atom. The third-order valence-electron chi connectivity index (χ3n) is 3.22. The molecule has 6 heteroatoms. The van der Waals surface area contributed by atoms with Crippen molar-refractivity contribution in [1.29, 1.82) is 0 Å². The highest BCUT2D eigenvalue weighted by Crippen LogP contribution is 2.23. The SMILES string of the molecule is CNc1cncc(N(C)CC2(O)CCOCC2)n1. The Kier molecular flexibility index (Phi) is 3.98. The number of ether oxygens (including phenoxy) is 1. The molecule has 1 aromatic heterocycles. The second-order valence-electron chi connectivity index (χ2n) is 4.71. The summed E-state index contributed by atoms with van der Waals surface area (Å²) in [4.78, 5) is 10.4. The number of nitrogens with zero attached hydrogens (tertiary/aromatic N) is 3. The van der Waals surface area contributed by atoms with E-state index >= 15 is 0 Å². The Hall–Kier alpha value is -1.40. The van der Waals surface area contributed by atoms with Crippen molar-refractivity contribution >= 4 is 11.6 Å². The summed E-state index contributed by atoms with van der Waals surface area (Å²) in [6, 6.07) is 0. The summed E-state index contributed by atoms with van der Waals surface area (Å²) in [5, 5.41) is 13.4. The molecule has 1 saturated heterocycles. The number of hydrogen-bond donors (Lipinski definition) is 2. The van der Waals surface area contributed by atoms with Crippen molar-refractivity contribution in [2.45, 2.75) is 18.4 Å². The lowest BCUT2D eigenvalue weighted by molar-refractivity contribution is -0.0573. The van der Waals surface area contributed by atoms with E-state index in [2.05, 4.69) is 15.3 Å². The molecular weight excluding hydrogens is 232 g/mol. The lowest BCUT2D eigenvalue weighted by Crippen LogP contribution is -2.46. The summed E-state index contributed by atoms with van der Waals surface area (Å²) in [5.41, 5.74) is -0.690. The lowest BCUT2D eigenvalue weighted by Gasteiger charge is -2.35. The number of likely N-dealkylation sites (N-methyl/N-ethyl adjacent to an activating group) is 1. The van der Waals surface area contributed by atoms with Gasteiger partial charge in [0, 0.05) is 46.7 Å². The Morgan fingerprint density at radius 1 is 1.44 bits per heavy atom. The van der Waals surface area contributed by atoms with Gasteiger partial charge in [-0.15, -0.1) is 0 Å². The highest BCUT2D eigenvalue weighted by atomic mass is 16.5. The first-order valence-electron chi connectivity index (χ1n) is 6.14. The van der Waals surface area contributed by atoms with Crippen molar-refractivity contribution in [3.63, 3.8) is 0 Å². The molecule has 2 heterocycles. The maximum atomic E-state index is 10.4. The molecule has 0 unspecified atom stereocenters. The fraction of sp³-hybridized carbons (Fsp3) is 0.667. The van der Waals surface area contributed by atoms with Gasteiger partial charge in [-0.1, -0.05) is 0 Å². The molecule has 0 bridgehead atoms. The van der Waals surface area contributed by atoms with Gasteiger partial charge in [0.1, 0.15) is 11.6 Å². The molecule has 1 aromatic rings. The Balaban J connectivity index is 2.03. The predicted octanol–water partition coefficient (Wildman–Crippen LogP) is 0.496. The van der Waals surface area contributed by atoms with Gasteiger partial charge in [-0.2, -0.15) is 0 Å². The first-order valence-corrected chi connectivity index (χ1v) is 6.14. The zero-order chi connectivity index (χ0) is 13.0. The van der Waals surface area contributed by atoms with E-state index < -0.39 is 5.60 Å². The van der Waals surface area contributed by atoms with Gasteiger partial charge in [-0.3, -0.25) is 4.98 Å². The second-order valence-corrected chi connectivity index (χ2v) is 4.71. The Labute approximate surface area is 107 Å². The van der Waals surface area contributed by atoms with Crippen LogP contribution in [0.1, 0.15) is 12.8 Å². The first-order chi connectivity index (χ1) is 8.63. The van der Waals surface area contributed by atoms with Crippen molar-refractivity contribution in [2.75, 3.05) is 44.1 Å². The largest absolute Gasteiger partial charge is 0.388 e. The van der Waals surface area contributed by atoms with E-state index in [1.54, 1.807) is 19.4 Å². The molecule has 18 heavy (non-hydrogen) atoms. The zero-order valence-electron chi connectivity index (χ0n) is 10.9. The van der Waals surface area contributed by atoms with Crippen LogP contribution in [0.4, 0.5) is 11.6 Å². The van der Waals surface area contributed by atoms with Crippen LogP contribution in [-0.4, -0.2) is 54.5 Å². The maximum absolute atomic E-state index is 10.4. The van der Waals surface area contributed by atoms with Crippen LogP contribution >= 0.6 is 0 Å². The quantitative estimate of drug-likeness (QED) is 0.813. The van der Waals surface area contributed by atoms with Gasteiger partial charge in [-0.05, 0) is 0 Å². The van der Waals surface area contributed by atoms with Gasteiger partial charge in [0.25, 0.3) is 0 Å². The predicted molar refractivity (Wildman–Crippen MR) is 69.9 cm³/mol. The van der Waals surface area contributed by atoms with E-state index in [-0.39, 0.29) is 0 Å². The van der Waals surface area contributed by atoms with Gasteiger partial charge in [-0.25, -0.2) is 4.98 Å². The first kappa shape index (κ1) is 13.0. The average Bonchev–Trinajstić information content (AvgIpc) is 2.39. The summed E-state index contributed by atoms with van der Waals surface area (Å²) < 4.78 is 5.27. The molecule has 0 radical (unpaired) electrons. The van der Waals surface area contributed by atoms with Crippen LogP contribution in [0.25, 0.3) is 0 Å². The molecule has 1 fully saturated rings. The van der Waals surface area contributed by atoms with Crippen molar-refractivity contribution < 1.29 is 9.84 Å². The van der Waals surface area contributed by atoms with Crippen molar-refractivity contribution in [1.82, 2.24) is 9.97 Å². The van der Waals surface area contributed by atoms with Gasteiger partial charge in [0.15, 0.2) is 0 Å². The van der Waals surface area contributed by atoms with E-state index in [0.717, 1.165) is 11.6 Å². The molecule has 0 saturated carbocycles. The highest BCUT2D eigenvalue weighted by molar-refractivity contribution is 5.43. The Bertz CT molecular complexity index is 393. The third kappa shape index (κ3) is 3.08. The van der Waals surface area contributed by atoms with Crippen LogP contribution in [0.2, 0.25) is 0 Å². The van der Waals surface area contributed by atoms with Gasteiger partial charge in [0.2, 0.25) is 0 Å². The maximum Gasteiger partial charge on any atom is 0.149 e. The number of aliphatic hydroxyl groups is 1.